The van der Waals surface area contributed by atoms with Crippen molar-refractivity contribution in [3.8, 4) is 0 Å². The molecule has 0 saturated carbocycles. The van der Waals surface area contributed by atoms with Gasteiger partial charge >= 0.3 is 5.97 Å². The van der Waals surface area contributed by atoms with Crippen LogP contribution in [0.1, 0.15) is 48.4 Å². The minimum absolute atomic E-state index is 0.0804. The molecule has 0 fully saturated rings. The van der Waals surface area contributed by atoms with Crippen LogP contribution in [0.2, 0.25) is 0 Å². The van der Waals surface area contributed by atoms with Gasteiger partial charge in [0.05, 0.1) is 0 Å². The highest BCUT2D eigenvalue weighted by Crippen LogP contribution is 2.21. The third-order valence-electron chi connectivity index (χ3n) is 3.50. The fourth-order valence-corrected chi connectivity index (χ4v) is 3.60. The van der Waals surface area contributed by atoms with Crippen LogP contribution in [0.25, 0.3) is 0 Å². The van der Waals surface area contributed by atoms with Crippen LogP contribution in [0.4, 0.5) is 0 Å². The highest BCUT2D eigenvalue weighted by Gasteiger charge is 2.23. The number of nitrogens with one attached hydrogen (secondary N) is 1. The average molecular weight is 313 g/mol. The topological polar surface area (TPSA) is 96.6 Å². The molecule has 21 heavy (non-hydrogen) atoms. The minimum atomic E-state index is -3.74. The molecule has 7 heteroatoms. The Kier molecular flexibility index (Phi) is 4.84. The summed E-state index contributed by atoms with van der Waals surface area (Å²) < 4.78 is 31.7. The van der Waals surface area contributed by atoms with Crippen molar-refractivity contribution < 1.29 is 22.7 Å². The fraction of sp³-hybridized carbons (Fsp3) is 0.500. The summed E-state index contributed by atoms with van der Waals surface area (Å²) in [6, 6.07) is 1.04. The van der Waals surface area contributed by atoms with Gasteiger partial charge < -0.3 is 9.52 Å². The summed E-state index contributed by atoms with van der Waals surface area (Å²) in [6.07, 6.45) is 7.29. The zero-order chi connectivity index (χ0) is 15.5. The van der Waals surface area contributed by atoms with Crippen LogP contribution in [-0.2, 0) is 10.0 Å². The van der Waals surface area contributed by atoms with Gasteiger partial charge in [0.15, 0.2) is 0 Å². The van der Waals surface area contributed by atoms with Crippen LogP contribution in [-0.4, -0.2) is 26.0 Å². The molecule has 1 aliphatic rings. The molecule has 0 amide bonds. The molecule has 2 rings (SSSR count). The van der Waals surface area contributed by atoms with Crippen LogP contribution < -0.4 is 4.72 Å². The van der Waals surface area contributed by atoms with Gasteiger partial charge in [0.1, 0.15) is 10.7 Å². The van der Waals surface area contributed by atoms with E-state index in [0.717, 1.165) is 25.3 Å². The third kappa shape index (κ3) is 3.95. The number of hydrogen-bond acceptors (Lipinski definition) is 4. The predicted molar refractivity (Wildman–Crippen MR) is 76.8 cm³/mol. The number of carboxylic acid groups (broad SMARTS) is 1. The summed E-state index contributed by atoms with van der Waals surface area (Å²) in [5.74, 6) is -1.58. The number of carboxylic acids is 1. The Morgan fingerprint density at radius 2 is 2.19 bits per heavy atom. The molecule has 6 nitrogen and oxygen atoms in total. The molecule has 1 aromatic heterocycles. The van der Waals surface area contributed by atoms with Crippen molar-refractivity contribution in [3.05, 3.63) is 29.2 Å². The smallest absolute Gasteiger partial charge is 0.371 e. The second-order valence-electron chi connectivity index (χ2n) is 5.09. The second kappa shape index (κ2) is 6.44. The van der Waals surface area contributed by atoms with Crippen LogP contribution in [0.15, 0.2) is 27.0 Å². The van der Waals surface area contributed by atoms with Crippen molar-refractivity contribution in [2.24, 2.45) is 0 Å². The SMILES string of the molecule is Cc1oc(C(=O)O)cc1S(=O)(=O)NCCC1=CCCCC1. The van der Waals surface area contributed by atoms with E-state index >= 15 is 0 Å². The predicted octanol–water partition coefficient (Wildman–Crippen LogP) is 2.46. The lowest BCUT2D eigenvalue weighted by Crippen LogP contribution is -2.25. The molecule has 1 aliphatic carbocycles. The molecule has 0 saturated heterocycles. The molecule has 2 N–H and O–H groups in total. The molecule has 1 heterocycles. The number of rotatable bonds is 6. The number of aryl methyl sites for hydroxylation is 1. The summed E-state index contributed by atoms with van der Waals surface area (Å²) in [5.41, 5.74) is 1.28. The first kappa shape index (κ1) is 15.8. The van der Waals surface area contributed by atoms with E-state index in [9.17, 15) is 13.2 Å². The van der Waals surface area contributed by atoms with Gasteiger partial charge in [-0.2, -0.15) is 0 Å². The van der Waals surface area contributed by atoms with E-state index in [1.807, 2.05) is 0 Å². The van der Waals surface area contributed by atoms with Gasteiger partial charge in [-0.25, -0.2) is 17.9 Å². The van der Waals surface area contributed by atoms with Gasteiger partial charge in [-0.1, -0.05) is 11.6 Å². The quantitative estimate of drug-likeness (QED) is 0.786. The first-order valence-corrected chi connectivity index (χ1v) is 8.40. The van der Waals surface area contributed by atoms with Gasteiger partial charge in [-0.05, 0) is 39.0 Å². The third-order valence-corrected chi connectivity index (χ3v) is 5.06. The molecule has 0 spiro atoms. The Morgan fingerprint density at radius 3 is 2.76 bits per heavy atom. The lowest BCUT2D eigenvalue weighted by Gasteiger charge is -2.12. The van der Waals surface area contributed by atoms with Crippen molar-refractivity contribution in [1.82, 2.24) is 4.72 Å². The van der Waals surface area contributed by atoms with Crippen molar-refractivity contribution in [2.45, 2.75) is 43.9 Å². The zero-order valence-electron chi connectivity index (χ0n) is 11.9. The molecule has 0 unspecified atom stereocenters. The summed E-state index contributed by atoms with van der Waals surface area (Å²) in [5, 5.41) is 8.82. The van der Waals surface area contributed by atoms with E-state index in [1.54, 1.807) is 0 Å². The molecule has 1 aromatic rings. The number of aromatic carboxylic acids is 1. The van der Waals surface area contributed by atoms with Crippen LogP contribution >= 0.6 is 0 Å². The highest BCUT2D eigenvalue weighted by molar-refractivity contribution is 7.89. The monoisotopic (exact) mass is 313 g/mol. The average Bonchev–Trinajstić information content (AvgIpc) is 2.83. The zero-order valence-corrected chi connectivity index (χ0v) is 12.7. The minimum Gasteiger partial charge on any atom is -0.475 e. The standard InChI is InChI=1S/C14H19NO5S/c1-10-13(9-12(20-10)14(16)17)21(18,19)15-8-7-11-5-3-2-4-6-11/h5,9,15H,2-4,6-8H2,1H3,(H,16,17). The van der Waals surface area contributed by atoms with Crippen LogP contribution in [0, 0.1) is 6.92 Å². The largest absolute Gasteiger partial charge is 0.475 e. The fourth-order valence-electron chi connectivity index (χ4n) is 2.39. The molecular weight excluding hydrogens is 294 g/mol. The van der Waals surface area contributed by atoms with Crippen molar-refractivity contribution in [1.29, 1.82) is 0 Å². The van der Waals surface area contributed by atoms with Gasteiger partial charge in [-0.3, -0.25) is 0 Å². The highest BCUT2D eigenvalue weighted by atomic mass is 32.2. The molecule has 0 aromatic carbocycles. The Balaban J connectivity index is 2.01. The molecule has 0 aliphatic heterocycles. The maximum absolute atomic E-state index is 12.1. The molecule has 0 atom stereocenters. The maximum atomic E-state index is 12.1. The molecule has 0 radical (unpaired) electrons. The van der Waals surface area contributed by atoms with Gasteiger partial charge in [0, 0.05) is 12.6 Å². The normalized spacial score (nSPS) is 15.8. The summed E-state index contributed by atoms with van der Waals surface area (Å²) in [6.45, 7) is 1.74. The molecule has 0 bridgehead atoms. The summed E-state index contributed by atoms with van der Waals surface area (Å²) in [4.78, 5) is 10.7. The molecule has 116 valence electrons. The van der Waals surface area contributed by atoms with Crippen molar-refractivity contribution >= 4 is 16.0 Å². The van der Waals surface area contributed by atoms with E-state index < -0.39 is 16.0 Å². The number of sulfonamides is 1. The summed E-state index contributed by atoms with van der Waals surface area (Å²) in [7, 11) is -3.74. The van der Waals surface area contributed by atoms with Crippen LogP contribution in [0.5, 0.6) is 0 Å². The summed E-state index contributed by atoms with van der Waals surface area (Å²) >= 11 is 0. The number of hydrogen-bond donors (Lipinski definition) is 2. The van der Waals surface area contributed by atoms with Crippen molar-refractivity contribution in [2.75, 3.05) is 6.54 Å². The van der Waals surface area contributed by atoms with Gasteiger partial charge in [0.2, 0.25) is 15.8 Å². The maximum Gasteiger partial charge on any atom is 0.371 e. The second-order valence-corrected chi connectivity index (χ2v) is 6.83. The van der Waals surface area contributed by atoms with Crippen LogP contribution in [0.3, 0.4) is 0 Å². The number of allylic oxidation sites excluding steroid dienone is 1. The van der Waals surface area contributed by atoms with Crippen molar-refractivity contribution in [3.63, 3.8) is 0 Å². The first-order chi connectivity index (χ1) is 9.90. The number of furan rings is 1. The van der Waals surface area contributed by atoms with E-state index in [4.69, 9.17) is 9.52 Å². The Morgan fingerprint density at radius 1 is 1.43 bits per heavy atom. The Hall–Kier alpha value is -1.60. The van der Waals surface area contributed by atoms with E-state index in [2.05, 4.69) is 10.8 Å². The van der Waals surface area contributed by atoms with E-state index in [0.29, 0.717) is 13.0 Å². The molecular formula is C14H19NO5S. The van der Waals surface area contributed by atoms with Gasteiger partial charge in [0.25, 0.3) is 0 Å². The lowest BCUT2D eigenvalue weighted by molar-refractivity contribution is 0.0661. The lowest BCUT2D eigenvalue weighted by atomic mass is 9.97. The van der Waals surface area contributed by atoms with E-state index in [-0.39, 0.29) is 16.4 Å². The Labute approximate surface area is 123 Å². The Bertz CT molecular complexity index is 657. The van der Waals surface area contributed by atoms with E-state index in [1.165, 1.54) is 18.9 Å². The van der Waals surface area contributed by atoms with Gasteiger partial charge in [-0.15, -0.1) is 0 Å². The number of carbonyl (C=O) groups is 1. The first-order valence-electron chi connectivity index (χ1n) is 6.91.